The van der Waals surface area contributed by atoms with Crippen LogP contribution in [0.2, 0.25) is 0 Å². The van der Waals surface area contributed by atoms with Crippen molar-refractivity contribution in [3.8, 4) is 11.3 Å². The lowest BCUT2D eigenvalue weighted by Crippen LogP contribution is -2.44. The minimum absolute atomic E-state index is 0. The molecule has 0 bridgehead atoms. The van der Waals surface area contributed by atoms with Gasteiger partial charge in [0.25, 0.3) is 0 Å². The molecular formula is C23H29IN6. The average molecular weight is 516 g/mol. The quantitative estimate of drug-likeness (QED) is 0.263. The van der Waals surface area contributed by atoms with Gasteiger partial charge in [-0.2, -0.15) is 0 Å². The first-order chi connectivity index (χ1) is 14.3. The van der Waals surface area contributed by atoms with Gasteiger partial charge < -0.3 is 20.5 Å². The van der Waals surface area contributed by atoms with Crippen molar-refractivity contribution in [2.75, 3.05) is 24.5 Å². The Balaban J connectivity index is 0.00000256. The van der Waals surface area contributed by atoms with Gasteiger partial charge in [-0.15, -0.1) is 24.0 Å². The Morgan fingerprint density at radius 3 is 2.60 bits per heavy atom. The molecule has 30 heavy (non-hydrogen) atoms. The minimum Gasteiger partial charge on any atom is -0.369 e. The number of aliphatic imine (C=N–C) groups is 1. The van der Waals surface area contributed by atoms with Crippen molar-refractivity contribution in [3.05, 3.63) is 72.7 Å². The first kappa shape index (κ1) is 22.1. The number of aromatic amines is 1. The van der Waals surface area contributed by atoms with E-state index < -0.39 is 0 Å². The number of imidazole rings is 1. The van der Waals surface area contributed by atoms with E-state index in [0.29, 0.717) is 12.6 Å². The van der Waals surface area contributed by atoms with Crippen LogP contribution in [0.1, 0.15) is 19.2 Å². The van der Waals surface area contributed by atoms with E-state index in [0.717, 1.165) is 49.1 Å². The van der Waals surface area contributed by atoms with Gasteiger partial charge in [-0.25, -0.2) is 9.98 Å². The second-order valence-corrected chi connectivity index (χ2v) is 7.22. The fourth-order valence-electron chi connectivity index (χ4n) is 3.63. The number of halogens is 1. The number of nitrogens with zero attached hydrogens (tertiary/aromatic N) is 3. The molecule has 1 aromatic heterocycles. The van der Waals surface area contributed by atoms with Gasteiger partial charge in [-0.1, -0.05) is 48.5 Å². The van der Waals surface area contributed by atoms with Gasteiger partial charge in [0.1, 0.15) is 12.4 Å². The molecule has 1 unspecified atom stereocenters. The highest BCUT2D eigenvalue weighted by atomic mass is 127. The molecule has 3 N–H and O–H groups in total. The number of guanidine groups is 1. The molecule has 3 aromatic rings. The molecule has 1 aliphatic heterocycles. The number of anilines is 1. The molecule has 2 heterocycles. The molecule has 158 valence electrons. The van der Waals surface area contributed by atoms with Crippen LogP contribution in [-0.2, 0) is 6.54 Å². The predicted molar refractivity (Wildman–Crippen MR) is 134 cm³/mol. The second kappa shape index (κ2) is 11.0. The molecule has 2 aromatic carbocycles. The molecule has 1 fully saturated rings. The summed E-state index contributed by atoms with van der Waals surface area (Å²) in [4.78, 5) is 15.0. The van der Waals surface area contributed by atoms with Crippen LogP contribution in [-0.4, -0.2) is 41.6 Å². The zero-order valence-electron chi connectivity index (χ0n) is 17.2. The summed E-state index contributed by atoms with van der Waals surface area (Å²) >= 11 is 0. The molecule has 0 spiro atoms. The highest BCUT2D eigenvalue weighted by Gasteiger charge is 2.23. The van der Waals surface area contributed by atoms with E-state index >= 15 is 0 Å². The van der Waals surface area contributed by atoms with Crippen LogP contribution in [0.3, 0.4) is 0 Å². The number of hydrogen-bond acceptors (Lipinski definition) is 3. The van der Waals surface area contributed by atoms with Crippen molar-refractivity contribution in [2.45, 2.75) is 25.9 Å². The fraction of sp³-hybridized carbons (Fsp3) is 0.304. The molecule has 1 atom stereocenters. The number of benzene rings is 2. The van der Waals surface area contributed by atoms with E-state index in [1.807, 2.05) is 24.4 Å². The van der Waals surface area contributed by atoms with Gasteiger partial charge in [0.15, 0.2) is 5.96 Å². The van der Waals surface area contributed by atoms with Crippen molar-refractivity contribution in [3.63, 3.8) is 0 Å². The van der Waals surface area contributed by atoms with E-state index in [-0.39, 0.29) is 24.0 Å². The van der Waals surface area contributed by atoms with Gasteiger partial charge in [0.2, 0.25) is 0 Å². The summed E-state index contributed by atoms with van der Waals surface area (Å²) in [5, 5.41) is 6.93. The Hall–Kier alpha value is -2.55. The monoisotopic (exact) mass is 516 g/mol. The molecule has 1 aliphatic rings. The van der Waals surface area contributed by atoms with Crippen LogP contribution < -0.4 is 15.5 Å². The lowest BCUT2D eigenvalue weighted by atomic mass is 10.2. The summed E-state index contributed by atoms with van der Waals surface area (Å²) in [7, 11) is 0. The van der Waals surface area contributed by atoms with Crippen LogP contribution >= 0.6 is 24.0 Å². The molecule has 4 rings (SSSR count). The Morgan fingerprint density at radius 2 is 1.87 bits per heavy atom. The number of hydrogen-bond donors (Lipinski definition) is 3. The summed E-state index contributed by atoms with van der Waals surface area (Å²) in [5.74, 6) is 1.70. The van der Waals surface area contributed by atoms with E-state index in [1.165, 1.54) is 5.69 Å². The van der Waals surface area contributed by atoms with Gasteiger partial charge in [-0.05, 0) is 31.0 Å². The lowest BCUT2D eigenvalue weighted by molar-refractivity contribution is 0.648. The molecule has 0 aliphatic carbocycles. The molecule has 1 saturated heterocycles. The van der Waals surface area contributed by atoms with Crippen LogP contribution in [0.4, 0.5) is 5.69 Å². The van der Waals surface area contributed by atoms with Gasteiger partial charge >= 0.3 is 0 Å². The Labute approximate surface area is 195 Å². The first-order valence-electron chi connectivity index (χ1n) is 10.3. The topological polar surface area (TPSA) is 68.3 Å². The van der Waals surface area contributed by atoms with E-state index in [1.54, 1.807) is 0 Å². The van der Waals surface area contributed by atoms with Crippen molar-refractivity contribution >= 4 is 35.6 Å². The molecule has 7 heteroatoms. The van der Waals surface area contributed by atoms with E-state index in [9.17, 15) is 0 Å². The average Bonchev–Trinajstić information content (AvgIpc) is 3.43. The smallest absolute Gasteiger partial charge is 0.191 e. The number of nitrogens with one attached hydrogen (secondary N) is 3. The zero-order chi connectivity index (χ0) is 19.9. The normalized spacial score (nSPS) is 16.2. The Bertz CT molecular complexity index is 925. The fourth-order valence-corrected chi connectivity index (χ4v) is 3.63. The molecule has 0 saturated carbocycles. The third-order valence-electron chi connectivity index (χ3n) is 5.09. The molecule has 0 radical (unpaired) electrons. The largest absolute Gasteiger partial charge is 0.369 e. The van der Waals surface area contributed by atoms with Crippen LogP contribution in [0.15, 0.2) is 71.9 Å². The SMILES string of the molecule is CCNC(=NCc1ncc(-c2ccccc2)[nH]1)NC1CCN(c2ccccc2)C1.I. The van der Waals surface area contributed by atoms with Gasteiger partial charge in [-0.3, -0.25) is 0 Å². The number of aromatic nitrogens is 2. The highest BCUT2D eigenvalue weighted by Crippen LogP contribution is 2.20. The maximum atomic E-state index is 4.73. The third kappa shape index (κ3) is 5.75. The standard InChI is InChI=1S/C23H28N6.HI/c1-2-24-23(27-19-13-14-29(17-19)20-11-7-4-8-12-20)26-16-22-25-15-21(28-22)18-9-5-3-6-10-18;/h3-12,15,19H,2,13-14,16-17H2,1H3,(H,25,28)(H2,24,26,27);1H. The summed E-state index contributed by atoms with van der Waals surface area (Å²) in [6, 6.07) is 21.2. The molecule has 6 nitrogen and oxygen atoms in total. The van der Waals surface area contributed by atoms with Gasteiger partial charge in [0.05, 0.1) is 11.9 Å². The third-order valence-corrected chi connectivity index (χ3v) is 5.09. The second-order valence-electron chi connectivity index (χ2n) is 7.22. The van der Waals surface area contributed by atoms with Crippen LogP contribution in [0, 0.1) is 0 Å². The van der Waals surface area contributed by atoms with E-state index in [4.69, 9.17) is 4.99 Å². The lowest BCUT2D eigenvalue weighted by Gasteiger charge is -2.20. The molecular weight excluding hydrogens is 487 g/mol. The summed E-state index contributed by atoms with van der Waals surface area (Å²) in [6.45, 7) is 5.46. The van der Waals surface area contributed by atoms with Crippen LogP contribution in [0.5, 0.6) is 0 Å². The van der Waals surface area contributed by atoms with Gasteiger partial charge in [0, 0.05) is 31.4 Å². The number of para-hydroxylation sites is 1. The summed E-state index contributed by atoms with van der Waals surface area (Å²) in [6.07, 6.45) is 2.97. The van der Waals surface area contributed by atoms with Crippen molar-refractivity contribution in [1.82, 2.24) is 20.6 Å². The predicted octanol–water partition coefficient (Wildman–Crippen LogP) is 4.03. The highest BCUT2D eigenvalue weighted by molar-refractivity contribution is 14.0. The maximum absolute atomic E-state index is 4.73. The Kier molecular flexibility index (Phi) is 8.12. The summed E-state index contributed by atoms with van der Waals surface area (Å²) in [5.41, 5.74) is 3.43. The number of H-pyrrole nitrogens is 1. The van der Waals surface area contributed by atoms with Crippen molar-refractivity contribution < 1.29 is 0 Å². The van der Waals surface area contributed by atoms with Crippen molar-refractivity contribution in [1.29, 1.82) is 0 Å². The van der Waals surface area contributed by atoms with Crippen LogP contribution in [0.25, 0.3) is 11.3 Å². The number of rotatable bonds is 6. The Morgan fingerprint density at radius 1 is 1.13 bits per heavy atom. The van der Waals surface area contributed by atoms with Crippen molar-refractivity contribution in [2.24, 2.45) is 4.99 Å². The van der Waals surface area contributed by atoms with E-state index in [2.05, 4.69) is 74.9 Å². The maximum Gasteiger partial charge on any atom is 0.191 e. The first-order valence-corrected chi connectivity index (χ1v) is 10.3. The minimum atomic E-state index is 0. The molecule has 0 amide bonds. The summed E-state index contributed by atoms with van der Waals surface area (Å²) < 4.78 is 0. The zero-order valence-corrected chi connectivity index (χ0v) is 19.5.